The first-order chi connectivity index (χ1) is 8.70. The van der Waals surface area contributed by atoms with E-state index in [-0.39, 0.29) is 0 Å². The number of hydrogen-bond acceptors (Lipinski definition) is 3. The van der Waals surface area contributed by atoms with Gasteiger partial charge in [-0.1, -0.05) is 44.2 Å². The molecule has 2 unspecified atom stereocenters. The number of benzene rings is 1. The molecule has 1 N–H and O–H groups in total. The van der Waals surface area contributed by atoms with E-state index in [1.54, 1.807) is 7.11 Å². The van der Waals surface area contributed by atoms with E-state index >= 15 is 0 Å². The molecule has 2 atom stereocenters. The number of hydrogen-bond donors (Lipinski definition) is 1. The van der Waals surface area contributed by atoms with Gasteiger partial charge in [0, 0.05) is 24.2 Å². The largest absolute Gasteiger partial charge is 0.384 e. The van der Waals surface area contributed by atoms with Gasteiger partial charge >= 0.3 is 0 Å². The van der Waals surface area contributed by atoms with Crippen molar-refractivity contribution in [2.24, 2.45) is 5.92 Å². The van der Waals surface area contributed by atoms with Crippen molar-refractivity contribution in [2.75, 3.05) is 26.5 Å². The average molecular weight is 267 g/mol. The Balaban J connectivity index is 2.74. The Hall–Kier alpha value is -0.510. The Morgan fingerprint density at radius 2 is 1.89 bits per heavy atom. The van der Waals surface area contributed by atoms with E-state index in [1.807, 2.05) is 18.8 Å². The summed E-state index contributed by atoms with van der Waals surface area (Å²) in [5, 5.41) is 4.03. The predicted octanol–water partition coefficient (Wildman–Crippen LogP) is 3.35. The quantitative estimate of drug-likeness (QED) is 0.730. The lowest BCUT2D eigenvalue weighted by molar-refractivity contribution is 0.218. The maximum absolute atomic E-state index is 5.15. The third-order valence-corrected chi connectivity index (χ3v) is 4.66. The van der Waals surface area contributed by atoms with Crippen LogP contribution in [-0.4, -0.2) is 31.8 Å². The van der Waals surface area contributed by atoms with E-state index in [0.717, 1.165) is 12.4 Å². The van der Waals surface area contributed by atoms with Crippen LogP contribution in [0.15, 0.2) is 30.3 Å². The summed E-state index contributed by atoms with van der Waals surface area (Å²) in [6.45, 7) is 5.40. The van der Waals surface area contributed by atoms with Crippen molar-refractivity contribution in [1.29, 1.82) is 0 Å². The smallest absolute Gasteiger partial charge is 0.0553 e. The van der Waals surface area contributed by atoms with Gasteiger partial charge in [0.1, 0.15) is 0 Å². The summed E-state index contributed by atoms with van der Waals surface area (Å²) in [6, 6.07) is 11.1. The van der Waals surface area contributed by atoms with E-state index in [4.69, 9.17) is 4.74 Å². The fourth-order valence-corrected chi connectivity index (χ4v) is 3.53. The third kappa shape index (κ3) is 4.63. The van der Waals surface area contributed by atoms with Gasteiger partial charge in [0.25, 0.3) is 0 Å². The molecule has 0 fully saturated rings. The molecule has 0 aliphatic carbocycles. The lowest BCUT2D eigenvalue weighted by atomic mass is 9.96. The highest BCUT2D eigenvalue weighted by molar-refractivity contribution is 7.99. The number of thioether (sulfide) groups is 1. The molecule has 2 nitrogen and oxygen atoms in total. The van der Waals surface area contributed by atoms with Gasteiger partial charge < -0.3 is 10.1 Å². The standard InChI is InChI=1S/C15H25NOS/c1-12(2)15(18-11-10-17-4)14(16-3)13-8-6-5-7-9-13/h5-9,12,14-16H,10-11H2,1-4H3. The van der Waals surface area contributed by atoms with E-state index in [1.165, 1.54) is 5.56 Å². The minimum atomic E-state index is 0.396. The SMILES string of the molecule is CNC(c1ccccc1)C(SCCOC)C(C)C. The molecule has 1 rings (SSSR count). The molecule has 0 aromatic heterocycles. The van der Waals surface area contributed by atoms with Crippen molar-refractivity contribution < 1.29 is 4.74 Å². The maximum atomic E-state index is 5.15. The minimum Gasteiger partial charge on any atom is -0.384 e. The summed E-state index contributed by atoms with van der Waals surface area (Å²) < 4.78 is 5.15. The van der Waals surface area contributed by atoms with Crippen LogP contribution < -0.4 is 5.32 Å². The van der Waals surface area contributed by atoms with Gasteiger partial charge in [-0.3, -0.25) is 0 Å². The second-order valence-corrected chi connectivity index (χ2v) is 6.04. The van der Waals surface area contributed by atoms with Gasteiger partial charge in [-0.2, -0.15) is 11.8 Å². The topological polar surface area (TPSA) is 21.3 Å². The van der Waals surface area contributed by atoms with Gasteiger partial charge in [-0.15, -0.1) is 0 Å². The second-order valence-electron chi connectivity index (χ2n) is 4.75. The minimum absolute atomic E-state index is 0.396. The Bertz CT molecular complexity index is 316. The van der Waals surface area contributed by atoms with E-state index in [9.17, 15) is 0 Å². The van der Waals surface area contributed by atoms with Gasteiger partial charge in [0.2, 0.25) is 0 Å². The summed E-state index contributed by atoms with van der Waals surface area (Å²) in [7, 11) is 3.81. The summed E-state index contributed by atoms with van der Waals surface area (Å²) >= 11 is 1.99. The zero-order valence-corrected chi connectivity index (χ0v) is 12.7. The molecule has 1 aromatic rings. The molecule has 3 heteroatoms. The van der Waals surface area contributed by atoms with Crippen LogP contribution in [0.2, 0.25) is 0 Å². The fraction of sp³-hybridized carbons (Fsp3) is 0.600. The first-order valence-electron chi connectivity index (χ1n) is 6.53. The van der Waals surface area contributed by atoms with Crippen LogP contribution >= 0.6 is 11.8 Å². The third-order valence-electron chi connectivity index (χ3n) is 3.05. The second kappa shape index (κ2) is 8.57. The Labute approximate surface area is 116 Å². The molecule has 18 heavy (non-hydrogen) atoms. The summed E-state index contributed by atoms with van der Waals surface area (Å²) in [4.78, 5) is 0. The highest BCUT2D eigenvalue weighted by Crippen LogP contribution is 2.31. The Morgan fingerprint density at radius 3 is 2.39 bits per heavy atom. The number of nitrogens with one attached hydrogen (secondary N) is 1. The molecule has 0 bridgehead atoms. The summed E-state index contributed by atoms with van der Waals surface area (Å²) in [6.07, 6.45) is 0. The van der Waals surface area contributed by atoms with Crippen LogP contribution in [0, 0.1) is 5.92 Å². The van der Waals surface area contributed by atoms with Crippen LogP contribution in [-0.2, 0) is 4.74 Å². The molecule has 0 saturated heterocycles. The molecule has 0 heterocycles. The van der Waals surface area contributed by atoms with E-state index < -0.39 is 0 Å². The van der Waals surface area contributed by atoms with Crippen molar-refractivity contribution in [2.45, 2.75) is 25.1 Å². The van der Waals surface area contributed by atoms with E-state index in [0.29, 0.717) is 17.2 Å². The van der Waals surface area contributed by atoms with Crippen molar-refractivity contribution in [1.82, 2.24) is 5.32 Å². The van der Waals surface area contributed by atoms with Crippen LogP contribution in [0.4, 0.5) is 0 Å². The van der Waals surface area contributed by atoms with Crippen molar-refractivity contribution in [3.05, 3.63) is 35.9 Å². The summed E-state index contributed by atoms with van der Waals surface area (Å²) in [5.41, 5.74) is 1.36. The van der Waals surface area contributed by atoms with Gasteiger partial charge in [-0.05, 0) is 18.5 Å². The van der Waals surface area contributed by atoms with Gasteiger partial charge in [-0.25, -0.2) is 0 Å². The molecule has 0 saturated carbocycles. The van der Waals surface area contributed by atoms with E-state index in [2.05, 4.69) is 49.5 Å². The maximum Gasteiger partial charge on any atom is 0.0553 e. The number of methoxy groups -OCH3 is 1. The van der Waals surface area contributed by atoms with Gasteiger partial charge in [0.15, 0.2) is 0 Å². The monoisotopic (exact) mass is 267 g/mol. The molecule has 0 aliphatic heterocycles. The average Bonchev–Trinajstić information content (AvgIpc) is 2.39. The zero-order valence-electron chi connectivity index (χ0n) is 11.8. The first kappa shape index (κ1) is 15.5. The molecular weight excluding hydrogens is 242 g/mol. The van der Waals surface area contributed by atoms with Crippen molar-refractivity contribution in [3.63, 3.8) is 0 Å². The highest BCUT2D eigenvalue weighted by Gasteiger charge is 2.24. The zero-order chi connectivity index (χ0) is 13.4. The lowest BCUT2D eigenvalue weighted by Crippen LogP contribution is -2.31. The summed E-state index contributed by atoms with van der Waals surface area (Å²) in [5.74, 6) is 1.68. The predicted molar refractivity (Wildman–Crippen MR) is 81.2 cm³/mol. The fourth-order valence-electron chi connectivity index (χ4n) is 2.12. The number of ether oxygens (including phenoxy) is 1. The molecule has 0 radical (unpaired) electrons. The van der Waals surface area contributed by atoms with Crippen molar-refractivity contribution in [3.8, 4) is 0 Å². The highest BCUT2D eigenvalue weighted by atomic mass is 32.2. The Kier molecular flexibility index (Phi) is 7.40. The Morgan fingerprint density at radius 1 is 1.22 bits per heavy atom. The lowest BCUT2D eigenvalue weighted by Gasteiger charge is -2.30. The van der Waals surface area contributed by atoms with Crippen LogP contribution in [0.3, 0.4) is 0 Å². The molecule has 0 amide bonds. The molecule has 0 spiro atoms. The number of rotatable bonds is 8. The molecule has 1 aromatic carbocycles. The van der Waals surface area contributed by atoms with Crippen LogP contribution in [0.1, 0.15) is 25.5 Å². The normalized spacial score (nSPS) is 14.7. The molecular formula is C15H25NOS. The van der Waals surface area contributed by atoms with Crippen molar-refractivity contribution >= 4 is 11.8 Å². The first-order valence-corrected chi connectivity index (χ1v) is 7.58. The molecule has 102 valence electrons. The van der Waals surface area contributed by atoms with Crippen LogP contribution in [0.5, 0.6) is 0 Å². The van der Waals surface area contributed by atoms with Gasteiger partial charge in [0.05, 0.1) is 6.61 Å². The van der Waals surface area contributed by atoms with Crippen LogP contribution in [0.25, 0.3) is 0 Å². The molecule has 0 aliphatic rings.